The van der Waals surface area contributed by atoms with Crippen molar-refractivity contribution < 1.29 is 0 Å². The Morgan fingerprint density at radius 1 is 0.433 bits per heavy atom. The van der Waals surface area contributed by atoms with E-state index in [2.05, 4.69) is 233 Å². The van der Waals surface area contributed by atoms with E-state index in [0.717, 1.165) is 17.3 Å². The molecule has 2 aromatic heterocycles. The number of benzene rings is 9. The average Bonchev–Trinajstić information content (AvgIpc) is 3.91. The van der Waals surface area contributed by atoms with Crippen molar-refractivity contribution in [2.24, 2.45) is 17.8 Å². The van der Waals surface area contributed by atoms with Crippen molar-refractivity contribution in [1.29, 1.82) is 0 Å². The van der Waals surface area contributed by atoms with Crippen molar-refractivity contribution in [2.75, 3.05) is 4.90 Å². The van der Waals surface area contributed by atoms with E-state index in [0.29, 0.717) is 11.8 Å². The first-order chi connectivity index (χ1) is 33.2. The second-order valence-electron chi connectivity index (χ2n) is 19.7. The SMILES string of the molecule is CC1C[C@H]2CCC[C@@H](C1)C21c2ccccc2-n2c3ccccc3c3c(N(c4ccc(-c5ccccc5)cc4)c4ccc(-c5ccccc5-n5c6ccccc6c6ccccc65)cc4)ccc1c32. The third-order valence-corrected chi connectivity index (χ3v) is 16.2. The molecule has 322 valence electrons. The van der Waals surface area contributed by atoms with Crippen LogP contribution in [0.5, 0.6) is 0 Å². The standard InChI is InChI=1S/C64H51N3/c1-42-40-46-18-15-19-47(41-42)64(46)54-24-9-14-29-60(54)67-59-28-13-8-23-53(59)62-61(39-38-55(64)63(62)67)65(48-34-30-44(31-35-48)43-16-3-2-4-17-43)49-36-32-45(33-37-49)50-20-5-10-25-56(50)66-57-26-11-6-21-51(57)52-22-7-12-27-58(52)66/h2-14,16-17,20-39,42,46-47H,15,18-19,40-41H2,1H3/t42?,46-,47+,64?. The zero-order chi connectivity index (χ0) is 44.2. The van der Waals surface area contributed by atoms with E-state index in [1.807, 2.05) is 0 Å². The van der Waals surface area contributed by atoms with Crippen LogP contribution in [0.15, 0.2) is 212 Å². The van der Waals surface area contributed by atoms with Gasteiger partial charge >= 0.3 is 0 Å². The molecule has 11 aromatic rings. The molecule has 4 atom stereocenters. The van der Waals surface area contributed by atoms with Crippen LogP contribution < -0.4 is 4.90 Å². The van der Waals surface area contributed by atoms with Crippen LogP contribution in [-0.2, 0) is 5.41 Å². The topological polar surface area (TPSA) is 13.1 Å². The summed E-state index contributed by atoms with van der Waals surface area (Å²) in [6, 6.07) is 79.6. The predicted molar refractivity (Wildman–Crippen MR) is 281 cm³/mol. The fraction of sp³-hybridized carbons (Fsp3) is 0.156. The summed E-state index contributed by atoms with van der Waals surface area (Å²) in [7, 11) is 0. The Bertz CT molecular complexity index is 3640. The molecule has 0 amide bonds. The fourth-order valence-corrected chi connectivity index (χ4v) is 13.7. The van der Waals surface area contributed by atoms with Crippen molar-refractivity contribution in [3.05, 3.63) is 223 Å². The van der Waals surface area contributed by atoms with Gasteiger partial charge in [-0.25, -0.2) is 0 Å². The van der Waals surface area contributed by atoms with Crippen LogP contribution in [0.3, 0.4) is 0 Å². The highest BCUT2D eigenvalue weighted by molar-refractivity contribution is 6.18. The van der Waals surface area contributed by atoms with Crippen LogP contribution in [0, 0.1) is 17.8 Å². The minimum atomic E-state index is -0.00389. The van der Waals surface area contributed by atoms with Crippen LogP contribution in [0.2, 0.25) is 0 Å². The maximum atomic E-state index is 2.64. The van der Waals surface area contributed by atoms with Gasteiger partial charge in [-0.3, -0.25) is 0 Å². The van der Waals surface area contributed by atoms with E-state index >= 15 is 0 Å². The van der Waals surface area contributed by atoms with Crippen molar-refractivity contribution in [3.63, 3.8) is 0 Å². The summed E-state index contributed by atoms with van der Waals surface area (Å²) in [5, 5.41) is 5.18. The van der Waals surface area contributed by atoms with Gasteiger partial charge in [0.25, 0.3) is 0 Å². The number of nitrogens with zero attached hydrogens (tertiary/aromatic N) is 3. The lowest BCUT2D eigenvalue weighted by molar-refractivity contribution is 0.0532. The number of rotatable bonds is 6. The maximum absolute atomic E-state index is 2.64. The van der Waals surface area contributed by atoms with Crippen LogP contribution >= 0.6 is 0 Å². The van der Waals surface area contributed by atoms with Crippen LogP contribution in [0.25, 0.3) is 77.2 Å². The molecular formula is C64H51N3. The first kappa shape index (κ1) is 38.6. The Labute approximate surface area is 392 Å². The van der Waals surface area contributed by atoms with Gasteiger partial charge in [0.2, 0.25) is 0 Å². The van der Waals surface area contributed by atoms with Gasteiger partial charge in [-0.05, 0) is 132 Å². The molecule has 0 saturated heterocycles. The average molecular weight is 862 g/mol. The third-order valence-electron chi connectivity index (χ3n) is 16.2. The molecule has 0 radical (unpaired) electrons. The van der Waals surface area contributed by atoms with Gasteiger partial charge in [0, 0.05) is 43.9 Å². The maximum Gasteiger partial charge on any atom is 0.0603 e. The fourth-order valence-electron chi connectivity index (χ4n) is 13.7. The van der Waals surface area contributed by atoms with E-state index in [-0.39, 0.29) is 5.41 Å². The molecule has 2 aliphatic carbocycles. The Morgan fingerprint density at radius 3 is 1.63 bits per heavy atom. The second kappa shape index (κ2) is 15.0. The first-order valence-corrected chi connectivity index (χ1v) is 24.5. The Morgan fingerprint density at radius 2 is 0.955 bits per heavy atom. The molecule has 3 aliphatic rings. The quantitative estimate of drug-likeness (QED) is 0.162. The monoisotopic (exact) mass is 861 g/mol. The number of hydrogen-bond donors (Lipinski definition) is 0. The normalized spacial score (nSPS) is 19.6. The molecule has 3 heterocycles. The number of fused-ring (bicyclic) bond motifs is 8. The number of aromatic nitrogens is 2. The molecule has 2 fully saturated rings. The highest BCUT2D eigenvalue weighted by Gasteiger charge is 2.56. The van der Waals surface area contributed by atoms with Crippen LogP contribution in [-0.4, -0.2) is 9.13 Å². The van der Waals surface area contributed by atoms with E-state index < -0.39 is 0 Å². The molecule has 2 bridgehead atoms. The lowest BCUT2D eigenvalue weighted by Gasteiger charge is -2.57. The van der Waals surface area contributed by atoms with Crippen molar-refractivity contribution in [1.82, 2.24) is 9.13 Å². The van der Waals surface area contributed by atoms with E-state index in [9.17, 15) is 0 Å². The summed E-state index contributed by atoms with van der Waals surface area (Å²) >= 11 is 0. The highest BCUT2D eigenvalue weighted by Crippen LogP contribution is 2.64. The number of anilines is 3. The smallest absolute Gasteiger partial charge is 0.0603 e. The molecule has 3 nitrogen and oxygen atoms in total. The largest absolute Gasteiger partial charge is 0.310 e. The summed E-state index contributed by atoms with van der Waals surface area (Å²) in [5.74, 6) is 2.00. The molecular weight excluding hydrogens is 811 g/mol. The molecule has 14 rings (SSSR count). The molecule has 67 heavy (non-hydrogen) atoms. The second-order valence-corrected chi connectivity index (χ2v) is 19.7. The van der Waals surface area contributed by atoms with Crippen LogP contribution in [0.4, 0.5) is 17.1 Å². The number of hydrogen-bond acceptors (Lipinski definition) is 1. The highest BCUT2D eigenvalue weighted by atomic mass is 15.1. The van der Waals surface area contributed by atoms with Gasteiger partial charge < -0.3 is 14.0 Å². The summed E-state index contributed by atoms with van der Waals surface area (Å²) in [6.45, 7) is 2.51. The molecule has 1 aliphatic heterocycles. The zero-order valence-electron chi connectivity index (χ0n) is 37.8. The van der Waals surface area contributed by atoms with E-state index in [1.165, 1.54) is 115 Å². The van der Waals surface area contributed by atoms with Crippen LogP contribution in [0.1, 0.15) is 50.2 Å². The van der Waals surface area contributed by atoms with Gasteiger partial charge in [0.1, 0.15) is 0 Å². The Balaban J connectivity index is 0.991. The third kappa shape index (κ3) is 5.58. The lowest BCUT2D eigenvalue weighted by Crippen LogP contribution is -2.52. The van der Waals surface area contributed by atoms with E-state index in [4.69, 9.17) is 0 Å². The summed E-state index contributed by atoms with van der Waals surface area (Å²) in [5.41, 5.74) is 19.0. The molecule has 2 unspecified atom stereocenters. The van der Waals surface area contributed by atoms with Crippen molar-refractivity contribution in [3.8, 4) is 33.6 Å². The van der Waals surface area contributed by atoms with Gasteiger partial charge in [0.05, 0.1) is 39.1 Å². The summed E-state index contributed by atoms with van der Waals surface area (Å²) < 4.78 is 5.09. The molecule has 1 spiro atoms. The van der Waals surface area contributed by atoms with Gasteiger partial charge in [-0.1, -0.05) is 165 Å². The van der Waals surface area contributed by atoms with Gasteiger partial charge in [-0.15, -0.1) is 0 Å². The minimum Gasteiger partial charge on any atom is -0.310 e. The minimum absolute atomic E-state index is 0.00389. The first-order valence-electron chi connectivity index (χ1n) is 24.5. The van der Waals surface area contributed by atoms with Gasteiger partial charge in [-0.2, -0.15) is 0 Å². The summed E-state index contributed by atoms with van der Waals surface area (Å²) in [4.78, 5) is 2.53. The zero-order valence-corrected chi connectivity index (χ0v) is 37.8. The molecule has 9 aromatic carbocycles. The van der Waals surface area contributed by atoms with Gasteiger partial charge in [0.15, 0.2) is 0 Å². The van der Waals surface area contributed by atoms with Crippen molar-refractivity contribution in [2.45, 2.75) is 44.4 Å². The lowest BCUT2D eigenvalue weighted by atomic mass is 9.47. The Kier molecular flexibility index (Phi) is 8.62. The van der Waals surface area contributed by atoms with Crippen molar-refractivity contribution >= 4 is 60.7 Å². The molecule has 3 heteroatoms. The molecule has 0 N–H and O–H groups in total. The Hall–Kier alpha value is -7.62. The van der Waals surface area contributed by atoms with E-state index in [1.54, 1.807) is 11.1 Å². The summed E-state index contributed by atoms with van der Waals surface area (Å²) in [6.07, 6.45) is 6.51. The molecule has 2 saturated carbocycles. The predicted octanol–water partition coefficient (Wildman–Crippen LogP) is 17.1. The number of para-hydroxylation sites is 5.